The number of sulfonamides is 1. The number of carbonyl (C=O) groups excluding carboxylic acids is 1. The zero-order valence-electron chi connectivity index (χ0n) is 15.0. The van der Waals surface area contributed by atoms with Gasteiger partial charge >= 0.3 is 0 Å². The fourth-order valence-electron chi connectivity index (χ4n) is 2.43. The number of hydrogen-bond donors (Lipinski definition) is 1. The lowest BCUT2D eigenvalue weighted by Gasteiger charge is -2.23. The van der Waals surface area contributed by atoms with Crippen LogP contribution in [0.2, 0.25) is 0 Å². The van der Waals surface area contributed by atoms with Crippen molar-refractivity contribution in [2.24, 2.45) is 0 Å². The Kier molecular flexibility index (Phi) is 7.03. The van der Waals surface area contributed by atoms with Crippen LogP contribution >= 0.6 is 0 Å². The Morgan fingerprint density at radius 2 is 1.73 bits per heavy atom. The molecule has 0 radical (unpaired) electrons. The van der Waals surface area contributed by atoms with Gasteiger partial charge in [-0.05, 0) is 43.2 Å². The number of nitrogens with zero attached hydrogens (tertiary/aromatic N) is 1. The smallest absolute Gasteiger partial charge is 0.240 e. The predicted molar refractivity (Wildman–Crippen MR) is 103 cm³/mol. The van der Waals surface area contributed by atoms with Crippen LogP contribution in [0.1, 0.15) is 12.5 Å². The minimum Gasteiger partial charge on any atom is -0.497 e. The van der Waals surface area contributed by atoms with Gasteiger partial charge in [0.1, 0.15) is 12.3 Å². The number of methoxy groups -OCH3 is 1. The van der Waals surface area contributed by atoms with Gasteiger partial charge in [0.15, 0.2) is 0 Å². The van der Waals surface area contributed by atoms with Crippen molar-refractivity contribution in [3.8, 4) is 5.75 Å². The molecule has 0 saturated carbocycles. The van der Waals surface area contributed by atoms with Crippen LogP contribution in [-0.4, -0.2) is 40.3 Å². The van der Waals surface area contributed by atoms with Crippen molar-refractivity contribution in [3.63, 3.8) is 0 Å². The van der Waals surface area contributed by atoms with Gasteiger partial charge in [-0.1, -0.05) is 30.3 Å². The maximum Gasteiger partial charge on any atom is 0.240 e. The minimum atomic E-state index is -3.57. The van der Waals surface area contributed by atoms with E-state index in [0.717, 1.165) is 9.87 Å². The van der Waals surface area contributed by atoms with Crippen LogP contribution in [0.25, 0.3) is 0 Å². The van der Waals surface area contributed by atoms with Crippen LogP contribution < -0.4 is 14.4 Å². The van der Waals surface area contributed by atoms with Crippen molar-refractivity contribution in [2.75, 3.05) is 30.3 Å². The third kappa shape index (κ3) is 5.49. The molecule has 0 fully saturated rings. The van der Waals surface area contributed by atoms with Gasteiger partial charge in [0.05, 0.1) is 18.6 Å². The monoisotopic (exact) mass is 376 g/mol. The van der Waals surface area contributed by atoms with E-state index < -0.39 is 10.0 Å². The Morgan fingerprint density at radius 1 is 1.08 bits per heavy atom. The summed E-state index contributed by atoms with van der Waals surface area (Å²) in [6, 6.07) is 16.4. The first-order valence-electron chi connectivity index (χ1n) is 8.41. The zero-order chi connectivity index (χ0) is 19.0. The zero-order valence-corrected chi connectivity index (χ0v) is 15.8. The molecule has 2 aromatic rings. The van der Waals surface area contributed by atoms with E-state index in [-0.39, 0.29) is 18.2 Å². The Bertz CT molecular complexity index is 805. The molecule has 2 aromatic carbocycles. The van der Waals surface area contributed by atoms with Crippen LogP contribution in [0, 0.1) is 0 Å². The number of amides is 1. The molecule has 0 aliphatic carbocycles. The third-order valence-corrected chi connectivity index (χ3v) is 5.67. The lowest BCUT2D eigenvalue weighted by Crippen LogP contribution is -2.42. The van der Waals surface area contributed by atoms with Gasteiger partial charge in [-0.2, -0.15) is 0 Å². The number of carbonyl (C=O) groups is 1. The molecule has 0 saturated heterocycles. The normalized spacial score (nSPS) is 11.0. The Labute approximate surface area is 154 Å². The van der Waals surface area contributed by atoms with Crippen LogP contribution in [-0.2, 0) is 21.2 Å². The molecule has 0 heterocycles. The number of anilines is 1. The number of benzene rings is 2. The Hall–Kier alpha value is -2.54. The average Bonchev–Trinajstić information content (AvgIpc) is 2.67. The molecule has 0 bridgehead atoms. The summed E-state index contributed by atoms with van der Waals surface area (Å²) in [7, 11) is -2.04. The van der Waals surface area contributed by atoms with E-state index in [1.165, 1.54) is 7.11 Å². The summed E-state index contributed by atoms with van der Waals surface area (Å²) in [6.45, 7) is 1.75. The van der Waals surface area contributed by atoms with Crippen LogP contribution in [0.5, 0.6) is 5.75 Å². The molecular formula is C19H24N2O4S. The predicted octanol–water partition coefficient (Wildman–Crippen LogP) is 2.21. The standard InChI is InChI=1S/C19H24N2O4S/c1-3-26(23,24)21(17-9-11-18(25-2)12-10-17)15-19(22)20-14-13-16-7-5-4-6-8-16/h4-12H,3,13-15H2,1-2H3,(H,20,22). The summed E-state index contributed by atoms with van der Waals surface area (Å²) < 4.78 is 31.0. The first-order valence-corrected chi connectivity index (χ1v) is 10.0. The van der Waals surface area contributed by atoms with Crippen molar-refractivity contribution < 1.29 is 17.9 Å². The molecule has 6 nitrogen and oxygen atoms in total. The first-order chi connectivity index (χ1) is 12.5. The van der Waals surface area contributed by atoms with Gasteiger partial charge in [-0.3, -0.25) is 9.10 Å². The van der Waals surface area contributed by atoms with E-state index in [4.69, 9.17) is 4.74 Å². The number of hydrogen-bond acceptors (Lipinski definition) is 4. The molecule has 0 spiro atoms. The van der Waals surface area contributed by atoms with Crippen molar-refractivity contribution in [2.45, 2.75) is 13.3 Å². The van der Waals surface area contributed by atoms with Crippen LogP contribution in [0.4, 0.5) is 5.69 Å². The first kappa shape index (κ1) is 19.8. The molecule has 140 valence electrons. The molecule has 0 aliphatic rings. The van der Waals surface area contributed by atoms with Crippen molar-refractivity contribution in [1.82, 2.24) is 5.32 Å². The van der Waals surface area contributed by atoms with Gasteiger partial charge in [-0.15, -0.1) is 0 Å². The summed E-state index contributed by atoms with van der Waals surface area (Å²) in [5, 5.41) is 2.78. The number of nitrogens with one attached hydrogen (secondary N) is 1. The molecular weight excluding hydrogens is 352 g/mol. The maximum absolute atomic E-state index is 12.4. The van der Waals surface area contributed by atoms with E-state index >= 15 is 0 Å². The molecule has 7 heteroatoms. The van der Waals surface area contributed by atoms with E-state index in [9.17, 15) is 13.2 Å². The lowest BCUT2D eigenvalue weighted by atomic mass is 10.1. The fourth-order valence-corrected chi connectivity index (χ4v) is 3.50. The molecule has 1 N–H and O–H groups in total. The summed E-state index contributed by atoms with van der Waals surface area (Å²) in [5.41, 5.74) is 1.55. The van der Waals surface area contributed by atoms with Gasteiger partial charge in [0.2, 0.25) is 15.9 Å². The molecule has 26 heavy (non-hydrogen) atoms. The lowest BCUT2D eigenvalue weighted by molar-refractivity contribution is -0.119. The van der Waals surface area contributed by atoms with E-state index in [1.807, 2.05) is 30.3 Å². The highest BCUT2D eigenvalue weighted by Crippen LogP contribution is 2.21. The SMILES string of the molecule is CCS(=O)(=O)N(CC(=O)NCCc1ccccc1)c1ccc(OC)cc1. The summed E-state index contributed by atoms with van der Waals surface area (Å²) in [4.78, 5) is 12.3. The van der Waals surface area contributed by atoms with E-state index in [1.54, 1.807) is 31.2 Å². The molecule has 1 amide bonds. The highest BCUT2D eigenvalue weighted by atomic mass is 32.2. The second-order valence-corrected chi connectivity index (χ2v) is 7.87. The maximum atomic E-state index is 12.4. The quantitative estimate of drug-likeness (QED) is 0.728. The number of rotatable bonds is 9. The molecule has 0 atom stereocenters. The minimum absolute atomic E-state index is 0.0870. The van der Waals surface area contributed by atoms with Crippen molar-refractivity contribution >= 4 is 21.6 Å². The topological polar surface area (TPSA) is 75.7 Å². The van der Waals surface area contributed by atoms with Gasteiger partial charge in [0.25, 0.3) is 0 Å². The average molecular weight is 376 g/mol. The molecule has 2 rings (SSSR count). The summed E-state index contributed by atoms with van der Waals surface area (Å²) in [6.07, 6.45) is 0.690. The molecule has 0 unspecified atom stereocenters. The van der Waals surface area contributed by atoms with Crippen molar-refractivity contribution in [3.05, 3.63) is 60.2 Å². The van der Waals surface area contributed by atoms with Gasteiger partial charge in [0, 0.05) is 6.54 Å². The Morgan fingerprint density at radius 3 is 2.31 bits per heavy atom. The second kappa shape index (κ2) is 9.24. The van der Waals surface area contributed by atoms with Gasteiger partial charge < -0.3 is 10.1 Å². The van der Waals surface area contributed by atoms with Crippen LogP contribution in [0.3, 0.4) is 0 Å². The fraction of sp³-hybridized carbons (Fsp3) is 0.316. The van der Waals surface area contributed by atoms with Crippen molar-refractivity contribution in [1.29, 1.82) is 0 Å². The highest BCUT2D eigenvalue weighted by molar-refractivity contribution is 7.92. The van der Waals surface area contributed by atoms with E-state index in [2.05, 4.69) is 5.32 Å². The highest BCUT2D eigenvalue weighted by Gasteiger charge is 2.23. The Balaban J connectivity index is 2.02. The third-order valence-electron chi connectivity index (χ3n) is 3.93. The van der Waals surface area contributed by atoms with E-state index in [0.29, 0.717) is 24.4 Å². The summed E-state index contributed by atoms with van der Waals surface area (Å²) >= 11 is 0. The van der Waals surface area contributed by atoms with Gasteiger partial charge in [-0.25, -0.2) is 8.42 Å². The summed E-state index contributed by atoms with van der Waals surface area (Å²) in [5.74, 6) is 0.194. The van der Waals surface area contributed by atoms with Crippen LogP contribution in [0.15, 0.2) is 54.6 Å². The number of ether oxygens (including phenoxy) is 1. The molecule has 0 aromatic heterocycles. The largest absolute Gasteiger partial charge is 0.497 e. The molecule has 0 aliphatic heterocycles. The second-order valence-electron chi connectivity index (χ2n) is 5.69.